The normalized spacial score (nSPS) is 20.7. The lowest BCUT2D eigenvalue weighted by Crippen LogP contribution is -2.45. The van der Waals surface area contributed by atoms with Gasteiger partial charge in [-0.25, -0.2) is 0 Å². The van der Waals surface area contributed by atoms with Gasteiger partial charge in [-0.3, -0.25) is 9.59 Å². The standard InChI is InChI=1S/C38H63ClO6Si2/c1-36(2,3)43-35(41)22-17-15-14-16-21-31-32(34(26-33(31)40)45-47(12,13)38(7,8)9)24-23-30(44-46(10,11)37(4,5)6)27-42-29-20-18-19-28(39)25-29/h16,18-21,23-25,30-32,34H,14-15,17,22,26-27H2,1-13H3/b21-16-,24-23+/t30-,31-,32-,34-/m1/s1. The zero-order chi connectivity index (χ0) is 35.8. The molecule has 0 spiro atoms. The van der Waals surface area contributed by atoms with Crippen molar-refractivity contribution in [2.75, 3.05) is 6.61 Å². The fraction of sp³-hybridized carbons (Fsp3) is 0.684. The van der Waals surface area contributed by atoms with Crippen LogP contribution in [0.15, 0.2) is 48.6 Å². The van der Waals surface area contributed by atoms with Crippen molar-refractivity contribution >= 4 is 40.0 Å². The number of hydrogen-bond acceptors (Lipinski definition) is 6. The number of Topliss-reactive ketones (excluding diaryl/α,β-unsaturated/α-hetero) is 1. The molecule has 1 aromatic carbocycles. The maximum Gasteiger partial charge on any atom is 0.306 e. The van der Waals surface area contributed by atoms with Crippen molar-refractivity contribution in [1.29, 1.82) is 0 Å². The molecule has 0 bridgehead atoms. The lowest BCUT2D eigenvalue weighted by atomic mass is 9.92. The Labute approximate surface area is 293 Å². The summed E-state index contributed by atoms with van der Waals surface area (Å²) in [5, 5.41) is 0.654. The Morgan fingerprint density at radius 3 is 2.17 bits per heavy atom. The number of carbonyl (C=O) groups excluding carboxylic acids is 2. The van der Waals surface area contributed by atoms with E-state index in [4.69, 9.17) is 29.9 Å². The zero-order valence-corrected chi connectivity index (χ0v) is 34.3. The minimum atomic E-state index is -2.16. The third-order valence-corrected chi connectivity index (χ3v) is 18.9. The van der Waals surface area contributed by atoms with Gasteiger partial charge in [0.2, 0.25) is 0 Å². The van der Waals surface area contributed by atoms with Gasteiger partial charge in [-0.05, 0) is 94.5 Å². The van der Waals surface area contributed by atoms with Crippen LogP contribution >= 0.6 is 11.6 Å². The van der Waals surface area contributed by atoms with Crippen LogP contribution in [0.4, 0.5) is 0 Å². The van der Waals surface area contributed by atoms with Crippen LogP contribution in [0.3, 0.4) is 0 Å². The highest BCUT2D eigenvalue weighted by Gasteiger charge is 2.46. The van der Waals surface area contributed by atoms with Crippen LogP contribution in [-0.4, -0.2) is 52.8 Å². The first-order chi connectivity index (χ1) is 21.4. The Hall–Kier alpha value is -1.72. The molecule has 0 aromatic heterocycles. The molecular weight excluding hydrogens is 644 g/mol. The monoisotopic (exact) mass is 706 g/mol. The highest BCUT2D eigenvalue weighted by atomic mass is 35.5. The van der Waals surface area contributed by atoms with Gasteiger partial charge >= 0.3 is 5.97 Å². The van der Waals surface area contributed by atoms with Crippen molar-refractivity contribution in [3.63, 3.8) is 0 Å². The highest BCUT2D eigenvalue weighted by Crippen LogP contribution is 2.43. The quantitative estimate of drug-likeness (QED) is 0.0782. The number of esters is 1. The number of ether oxygens (including phenoxy) is 2. The van der Waals surface area contributed by atoms with E-state index < -0.39 is 22.2 Å². The molecule has 0 saturated heterocycles. The number of rotatable bonds is 15. The first-order valence-electron chi connectivity index (χ1n) is 17.3. The van der Waals surface area contributed by atoms with Crippen molar-refractivity contribution < 1.29 is 27.9 Å². The van der Waals surface area contributed by atoms with Crippen molar-refractivity contribution in [1.82, 2.24) is 0 Å². The number of ketones is 1. The minimum Gasteiger partial charge on any atom is -0.491 e. The first-order valence-corrected chi connectivity index (χ1v) is 23.4. The Kier molecular flexibility index (Phi) is 14.8. The third-order valence-electron chi connectivity index (χ3n) is 9.65. The average molecular weight is 708 g/mol. The summed E-state index contributed by atoms with van der Waals surface area (Å²) in [5.41, 5.74) is -0.471. The van der Waals surface area contributed by atoms with Gasteiger partial charge in [0.05, 0.1) is 12.2 Å². The molecule has 1 aliphatic carbocycles. The Morgan fingerprint density at radius 1 is 0.957 bits per heavy atom. The molecule has 0 radical (unpaired) electrons. The highest BCUT2D eigenvalue weighted by molar-refractivity contribution is 6.74. The summed E-state index contributed by atoms with van der Waals surface area (Å²) < 4.78 is 25.4. The van der Waals surface area contributed by atoms with E-state index >= 15 is 0 Å². The first kappa shape index (κ1) is 41.5. The molecule has 1 saturated carbocycles. The molecule has 0 heterocycles. The van der Waals surface area contributed by atoms with E-state index in [-0.39, 0.29) is 45.9 Å². The van der Waals surface area contributed by atoms with E-state index in [1.165, 1.54) is 0 Å². The maximum atomic E-state index is 13.5. The molecule has 1 aliphatic rings. The van der Waals surface area contributed by atoms with Crippen LogP contribution in [0.2, 0.25) is 41.3 Å². The van der Waals surface area contributed by atoms with E-state index in [0.29, 0.717) is 30.2 Å². The number of allylic oxidation sites excluding steroid dienone is 2. The van der Waals surface area contributed by atoms with Gasteiger partial charge in [0, 0.05) is 29.7 Å². The van der Waals surface area contributed by atoms with E-state index in [2.05, 4.69) is 92.0 Å². The summed E-state index contributed by atoms with van der Waals surface area (Å²) in [6.07, 6.45) is 11.1. The van der Waals surface area contributed by atoms with Crippen LogP contribution in [0, 0.1) is 11.8 Å². The Balaban J connectivity index is 2.31. The van der Waals surface area contributed by atoms with Gasteiger partial charge in [0.25, 0.3) is 0 Å². The predicted octanol–water partition coefficient (Wildman–Crippen LogP) is 10.7. The van der Waals surface area contributed by atoms with Crippen LogP contribution in [-0.2, 0) is 23.2 Å². The second-order valence-electron chi connectivity index (χ2n) is 17.0. The van der Waals surface area contributed by atoms with Crippen LogP contribution in [0.1, 0.15) is 94.4 Å². The van der Waals surface area contributed by atoms with Gasteiger partial charge in [-0.2, -0.15) is 0 Å². The van der Waals surface area contributed by atoms with Crippen LogP contribution < -0.4 is 4.74 Å². The smallest absolute Gasteiger partial charge is 0.306 e. The molecule has 1 fully saturated rings. The fourth-order valence-electron chi connectivity index (χ4n) is 4.91. The molecule has 6 nitrogen and oxygen atoms in total. The minimum absolute atomic E-state index is 0.0151. The summed E-state index contributed by atoms with van der Waals surface area (Å²) >= 11 is 6.22. The van der Waals surface area contributed by atoms with Crippen molar-refractivity contribution in [2.45, 2.75) is 148 Å². The molecule has 1 aromatic rings. The van der Waals surface area contributed by atoms with E-state index in [1.54, 1.807) is 0 Å². The van der Waals surface area contributed by atoms with Crippen molar-refractivity contribution in [3.8, 4) is 5.75 Å². The summed E-state index contributed by atoms with van der Waals surface area (Å²) in [6.45, 7) is 28.3. The molecule has 266 valence electrons. The summed E-state index contributed by atoms with van der Waals surface area (Å²) in [7, 11) is -4.30. The average Bonchev–Trinajstić information content (AvgIpc) is 3.18. The largest absolute Gasteiger partial charge is 0.491 e. The third kappa shape index (κ3) is 13.6. The summed E-state index contributed by atoms with van der Waals surface area (Å²) in [6, 6.07) is 7.40. The van der Waals surface area contributed by atoms with E-state index in [9.17, 15) is 9.59 Å². The van der Waals surface area contributed by atoms with Gasteiger partial charge < -0.3 is 18.3 Å². The summed E-state index contributed by atoms with van der Waals surface area (Å²) in [4.78, 5) is 25.6. The van der Waals surface area contributed by atoms with E-state index in [1.807, 2.05) is 45.0 Å². The van der Waals surface area contributed by atoms with Gasteiger partial charge in [0.1, 0.15) is 23.7 Å². The van der Waals surface area contributed by atoms with E-state index in [0.717, 1.165) is 19.3 Å². The number of unbranched alkanes of at least 4 members (excludes halogenated alkanes) is 2. The molecule has 0 unspecified atom stereocenters. The molecule has 0 amide bonds. The molecule has 47 heavy (non-hydrogen) atoms. The van der Waals surface area contributed by atoms with Crippen molar-refractivity contribution in [3.05, 3.63) is 53.6 Å². The molecule has 0 N–H and O–H groups in total. The zero-order valence-electron chi connectivity index (χ0n) is 31.5. The molecule has 2 rings (SSSR count). The Bertz CT molecular complexity index is 1240. The Morgan fingerprint density at radius 2 is 1.60 bits per heavy atom. The number of halogens is 1. The SMILES string of the molecule is CC(C)(C)OC(=O)CCCC/C=C\[C@H]1C(=O)C[C@@H](O[Si](C)(C)C(C)(C)C)[C@@H]1/C=C/[C@H](COc1cccc(Cl)c1)O[Si](C)(C)C(C)(C)C. The summed E-state index contributed by atoms with van der Waals surface area (Å²) in [5.74, 6) is 0.320. The maximum absolute atomic E-state index is 13.5. The second kappa shape index (κ2) is 16.8. The van der Waals surface area contributed by atoms with Crippen LogP contribution in [0.25, 0.3) is 0 Å². The van der Waals surface area contributed by atoms with Gasteiger partial charge in [-0.15, -0.1) is 0 Å². The van der Waals surface area contributed by atoms with Gasteiger partial charge in [0.15, 0.2) is 16.6 Å². The fourth-order valence-corrected chi connectivity index (χ4v) is 7.70. The lowest BCUT2D eigenvalue weighted by molar-refractivity contribution is -0.154. The lowest BCUT2D eigenvalue weighted by Gasteiger charge is -2.40. The number of benzene rings is 1. The number of carbonyl (C=O) groups is 2. The number of hydrogen-bond donors (Lipinski definition) is 0. The second-order valence-corrected chi connectivity index (χ2v) is 27.0. The van der Waals surface area contributed by atoms with Crippen LogP contribution in [0.5, 0.6) is 5.75 Å². The molecule has 9 heteroatoms. The molecular formula is C38H63ClO6Si2. The molecule has 4 atom stereocenters. The molecule has 0 aliphatic heterocycles. The van der Waals surface area contributed by atoms with Gasteiger partial charge in [-0.1, -0.05) is 83.5 Å². The predicted molar refractivity (Wildman–Crippen MR) is 200 cm³/mol. The van der Waals surface area contributed by atoms with Crippen molar-refractivity contribution in [2.24, 2.45) is 11.8 Å². The topological polar surface area (TPSA) is 71.1 Å².